The fourth-order valence-corrected chi connectivity index (χ4v) is 3.29. The van der Waals surface area contributed by atoms with Gasteiger partial charge in [0.05, 0.1) is 11.6 Å². The molecule has 1 aromatic carbocycles. The molecule has 0 saturated heterocycles. The normalized spacial score (nSPS) is 25.0. The molecule has 4 heteroatoms. The largest absolute Gasteiger partial charge is 0.478 e. The number of carboxylic acids is 1. The Kier molecular flexibility index (Phi) is 3.57. The molecule has 2 unspecified atom stereocenters. The lowest BCUT2D eigenvalue weighted by atomic mass is 9.79. The predicted octanol–water partition coefficient (Wildman–Crippen LogP) is 2.79. The minimum Gasteiger partial charge on any atom is -0.478 e. The number of likely N-dealkylation sites (N-methyl/N-ethyl adjacent to an activating group) is 1. The van der Waals surface area contributed by atoms with Gasteiger partial charge in [0.2, 0.25) is 0 Å². The van der Waals surface area contributed by atoms with Crippen LogP contribution < -0.4 is 0 Å². The maximum atomic E-state index is 12.7. The van der Waals surface area contributed by atoms with Crippen molar-refractivity contribution in [1.29, 1.82) is 0 Å². The molecule has 3 rings (SSSR count). The van der Waals surface area contributed by atoms with Crippen molar-refractivity contribution in [3.05, 3.63) is 34.9 Å². The summed E-state index contributed by atoms with van der Waals surface area (Å²) in [6.07, 6.45) is 3.33. The molecule has 1 saturated carbocycles. The van der Waals surface area contributed by atoms with Crippen LogP contribution in [0.2, 0.25) is 0 Å². The zero-order chi connectivity index (χ0) is 15.1. The summed E-state index contributed by atoms with van der Waals surface area (Å²) in [7, 11) is 2.03. The van der Waals surface area contributed by atoms with E-state index in [9.17, 15) is 9.59 Å². The molecule has 0 amide bonds. The number of Topliss-reactive ketones (excluding diaryl/α,β-unsaturated/α-hetero) is 1. The number of carbonyl (C=O) groups excluding carboxylic acids is 1. The SMILES string of the molecule is CC1CC(N(C)CC2CC2)C(=O)c2ccc(C(=O)O)cc21. The van der Waals surface area contributed by atoms with Gasteiger partial charge in [-0.1, -0.05) is 13.0 Å². The summed E-state index contributed by atoms with van der Waals surface area (Å²) in [5.74, 6) is 0.172. The number of carboxylic acid groups (broad SMARTS) is 1. The van der Waals surface area contributed by atoms with Crippen molar-refractivity contribution in [1.82, 2.24) is 4.90 Å². The molecule has 0 heterocycles. The molecular weight excluding hydrogens is 266 g/mol. The lowest BCUT2D eigenvalue weighted by Gasteiger charge is -2.34. The number of hydrogen-bond donors (Lipinski definition) is 1. The van der Waals surface area contributed by atoms with Crippen LogP contribution in [0.25, 0.3) is 0 Å². The number of benzene rings is 1. The Morgan fingerprint density at radius 2 is 2.10 bits per heavy atom. The Morgan fingerprint density at radius 3 is 2.71 bits per heavy atom. The lowest BCUT2D eigenvalue weighted by molar-refractivity contribution is 0.0694. The first kappa shape index (κ1) is 14.3. The summed E-state index contributed by atoms with van der Waals surface area (Å²) < 4.78 is 0. The van der Waals surface area contributed by atoms with Crippen molar-refractivity contribution in [3.8, 4) is 0 Å². The van der Waals surface area contributed by atoms with Gasteiger partial charge < -0.3 is 5.11 Å². The van der Waals surface area contributed by atoms with Crippen LogP contribution in [0.4, 0.5) is 0 Å². The first-order valence-electron chi connectivity index (χ1n) is 7.59. The van der Waals surface area contributed by atoms with E-state index in [1.807, 2.05) is 7.05 Å². The maximum Gasteiger partial charge on any atom is 0.335 e. The van der Waals surface area contributed by atoms with Gasteiger partial charge in [0.15, 0.2) is 5.78 Å². The monoisotopic (exact) mass is 287 g/mol. The molecule has 0 bridgehead atoms. The van der Waals surface area contributed by atoms with Crippen LogP contribution in [0.15, 0.2) is 18.2 Å². The van der Waals surface area contributed by atoms with Crippen LogP contribution in [0.1, 0.15) is 58.4 Å². The average Bonchev–Trinajstić information content (AvgIpc) is 3.26. The highest BCUT2D eigenvalue weighted by Gasteiger charge is 2.36. The van der Waals surface area contributed by atoms with Crippen molar-refractivity contribution in [2.75, 3.05) is 13.6 Å². The van der Waals surface area contributed by atoms with E-state index in [1.54, 1.807) is 12.1 Å². The second-order valence-corrected chi connectivity index (χ2v) is 6.51. The smallest absolute Gasteiger partial charge is 0.335 e. The van der Waals surface area contributed by atoms with Crippen LogP contribution in [0, 0.1) is 5.92 Å². The number of aromatic carboxylic acids is 1. The highest BCUT2D eigenvalue weighted by Crippen LogP contribution is 2.36. The molecule has 0 aromatic heterocycles. The van der Waals surface area contributed by atoms with E-state index in [0.29, 0.717) is 5.56 Å². The molecule has 112 valence electrons. The quantitative estimate of drug-likeness (QED) is 0.925. The number of fused-ring (bicyclic) bond motifs is 1. The van der Waals surface area contributed by atoms with Crippen molar-refractivity contribution in [3.63, 3.8) is 0 Å². The minimum atomic E-state index is -0.939. The van der Waals surface area contributed by atoms with Gasteiger partial charge in [0.25, 0.3) is 0 Å². The first-order chi connectivity index (χ1) is 9.97. The highest BCUT2D eigenvalue weighted by atomic mass is 16.4. The molecule has 21 heavy (non-hydrogen) atoms. The number of carbonyl (C=O) groups is 2. The summed E-state index contributed by atoms with van der Waals surface area (Å²) >= 11 is 0. The number of hydrogen-bond acceptors (Lipinski definition) is 3. The highest BCUT2D eigenvalue weighted by molar-refractivity contribution is 6.03. The van der Waals surface area contributed by atoms with Crippen molar-refractivity contribution in [2.24, 2.45) is 5.92 Å². The Bertz CT molecular complexity index is 592. The van der Waals surface area contributed by atoms with Gasteiger partial charge >= 0.3 is 5.97 Å². The molecule has 2 aliphatic carbocycles. The van der Waals surface area contributed by atoms with E-state index in [4.69, 9.17) is 5.11 Å². The maximum absolute atomic E-state index is 12.7. The molecule has 1 N–H and O–H groups in total. The molecular formula is C17H21NO3. The van der Waals surface area contributed by atoms with Gasteiger partial charge in [-0.05, 0) is 55.8 Å². The average molecular weight is 287 g/mol. The Balaban J connectivity index is 1.88. The zero-order valence-electron chi connectivity index (χ0n) is 12.5. The topological polar surface area (TPSA) is 57.6 Å². The third-order valence-corrected chi connectivity index (χ3v) is 4.75. The predicted molar refractivity (Wildman–Crippen MR) is 79.9 cm³/mol. The molecule has 0 radical (unpaired) electrons. The number of rotatable bonds is 4. The molecule has 2 atom stereocenters. The van der Waals surface area contributed by atoms with E-state index >= 15 is 0 Å². The third kappa shape index (κ3) is 2.72. The Morgan fingerprint density at radius 1 is 1.38 bits per heavy atom. The van der Waals surface area contributed by atoms with Crippen LogP contribution >= 0.6 is 0 Å². The van der Waals surface area contributed by atoms with Gasteiger partial charge in [0.1, 0.15) is 0 Å². The molecule has 1 fully saturated rings. The Hall–Kier alpha value is -1.68. The first-order valence-corrected chi connectivity index (χ1v) is 7.59. The van der Waals surface area contributed by atoms with E-state index in [2.05, 4.69) is 11.8 Å². The Labute approximate surface area is 124 Å². The fourth-order valence-electron chi connectivity index (χ4n) is 3.29. The lowest BCUT2D eigenvalue weighted by Crippen LogP contribution is -2.43. The van der Waals surface area contributed by atoms with Crippen molar-refractivity contribution in [2.45, 2.75) is 38.1 Å². The van der Waals surface area contributed by atoms with Crippen molar-refractivity contribution >= 4 is 11.8 Å². The van der Waals surface area contributed by atoms with Gasteiger partial charge in [0, 0.05) is 12.1 Å². The second-order valence-electron chi connectivity index (χ2n) is 6.51. The summed E-state index contributed by atoms with van der Waals surface area (Å²) in [5.41, 5.74) is 1.85. The molecule has 0 spiro atoms. The fraction of sp³-hybridized carbons (Fsp3) is 0.529. The van der Waals surface area contributed by atoms with E-state index in [0.717, 1.165) is 24.4 Å². The van der Waals surface area contributed by atoms with Crippen LogP contribution in [-0.2, 0) is 0 Å². The van der Waals surface area contributed by atoms with Gasteiger partial charge in [-0.25, -0.2) is 4.79 Å². The molecule has 4 nitrogen and oxygen atoms in total. The minimum absolute atomic E-state index is 0.0659. The van der Waals surface area contributed by atoms with Crippen molar-refractivity contribution < 1.29 is 14.7 Å². The zero-order valence-corrected chi connectivity index (χ0v) is 12.5. The van der Waals surface area contributed by atoms with Crippen LogP contribution in [0.3, 0.4) is 0 Å². The summed E-state index contributed by atoms with van der Waals surface area (Å²) in [4.78, 5) is 26.0. The van der Waals surface area contributed by atoms with E-state index in [1.165, 1.54) is 18.9 Å². The third-order valence-electron chi connectivity index (χ3n) is 4.75. The molecule has 1 aromatic rings. The van der Waals surface area contributed by atoms with Gasteiger partial charge in [-0.3, -0.25) is 9.69 Å². The standard InChI is InChI=1S/C17H21NO3/c1-10-7-15(18(2)9-11-3-4-11)16(19)13-6-5-12(17(20)21)8-14(10)13/h5-6,8,10-11,15H,3-4,7,9H2,1-2H3,(H,20,21). The van der Waals surface area contributed by atoms with E-state index in [-0.39, 0.29) is 23.3 Å². The van der Waals surface area contributed by atoms with Gasteiger partial charge in [-0.2, -0.15) is 0 Å². The summed E-state index contributed by atoms with van der Waals surface area (Å²) in [6.45, 7) is 3.07. The summed E-state index contributed by atoms with van der Waals surface area (Å²) in [5, 5.41) is 9.09. The van der Waals surface area contributed by atoms with Crippen LogP contribution in [-0.4, -0.2) is 41.4 Å². The second kappa shape index (κ2) is 5.26. The molecule has 0 aliphatic heterocycles. The number of ketones is 1. The van der Waals surface area contributed by atoms with Gasteiger partial charge in [-0.15, -0.1) is 0 Å². The van der Waals surface area contributed by atoms with Crippen LogP contribution in [0.5, 0.6) is 0 Å². The number of nitrogens with zero attached hydrogens (tertiary/aromatic N) is 1. The summed E-state index contributed by atoms with van der Waals surface area (Å²) in [6, 6.07) is 4.82. The molecule has 2 aliphatic rings. The van der Waals surface area contributed by atoms with E-state index < -0.39 is 5.97 Å².